The van der Waals surface area contributed by atoms with Gasteiger partial charge in [0.2, 0.25) is 5.91 Å². The third kappa shape index (κ3) is 5.93. The molecule has 170 valence electrons. The van der Waals surface area contributed by atoms with Crippen LogP contribution >= 0.6 is 0 Å². The quantitative estimate of drug-likeness (QED) is 0.713. The van der Waals surface area contributed by atoms with E-state index in [1.54, 1.807) is 30.6 Å². The van der Waals surface area contributed by atoms with E-state index in [-0.39, 0.29) is 23.7 Å². The molecule has 1 aromatic carbocycles. The standard InChI is InChI=1S/C23H28FN5O3/c24-20-4-2-17(3-5-20)13-27-23(31)28-10-6-18(7-11-28)14-29-15-19(12-21(29)30)16-32-22-25-8-1-9-26-22/h1-5,8-9,18-19H,6-7,10-16H2,(H,27,31). The molecule has 2 aliphatic heterocycles. The van der Waals surface area contributed by atoms with Gasteiger partial charge in [0.1, 0.15) is 5.82 Å². The Kier molecular flexibility index (Phi) is 7.14. The third-order valence-corrected chi connectivity index (χ3v) is 6.02. The number of nitrogens with zero attached hydrogens (tertiary/aromatic N) is 4. The van der Waals surface area contributed by atoms with Crippen molar-refractivity contribution in [3.63, 3.8) is 0 Å². The van der Waals surface area contributed by atoms with Crippen molar-refractivity contribution < 1.29 is 18.7 Å². The molecule has 3 amide bonds. The highest BCUT2D eigenvalue weighted by atomic mass is 19.1. The normalized spacial score (nSPS) is 19.3. The average molecular weight is 442 g/mol. The van der Waals surface area contributed by atoms with Crippen LogP contribution in [-0.4, -0.2) is 64.5 Å². The zero-order chi connectivity index (χ0) is 22.3. The van der Waals surface area contributed by atoms with Crippen LogP contribution < -0.4 is 10.1 Å². The summed E-state index contributed by atoms with van der Waals surface area (Å²) < 4.78 is 18.6. The lowest BCUT2D eigenvalue weighted by molar-refractivity contribution is -0.128. The van der Waals surface area contributed by atoms with E-state index in [4.69, 9.17) is 4.74 Å². The van der Waals surface area contributed by atoms with Gasteiger partial charge in [-0.15, -0.1) is 0 Å². The SMILES string of the molecule is O=C1CC(COc2ncccn2)CN1CC1CCN(C(=O)NCc2ccc(F)cc2)CC1. The van der Waals surface area contributed by atoms with Gasteiger partial charge in [0.15, 0.2) is 0 Å². The lowest BCUT2D eigenvalue weighted by Crippen LogP contribution is -2.46. The van der Waals surface area contributed by atoms with Gasteiger partial charge in [0, 0.05) is 57.5 Å². The number of aromatic nitrogens is 2. The van der Waals surface area contributed by atoms with Crippen molar-refractivity contribution in [1.29, 1.82) is 0 Å². The largest absolute Gasteiger partial charge is 0.463 e. The number of amides is 3. The lowest BCUT2D eigenvalue weighted by Gasteiger charge is -2.34. The van der Waals surface area contributed by atoms with Crippen molar-refractivity contribution >= 4 is 11.9 Å². The fraction of sp³-hybridized carbons (Fsp3) is 0.478. The van der Waals surface area contributed by atoms with Crippen molar-refractivity contribution in [1.82, 2.24) is 25.1 Å². The molecule has 0 saturated carbocycles. The molecular weight excluding hydrogens is 413 g/mol. The van der Waals surface area contributed by atoms with Crippen molar-refractivity contribution in [3.8, 4) is 6.01 Å². The van der Waals surface area contributed by atoms with Crippen LogP contribution in [-0.2, 0) is 11.3 Å². The molecule has 0 bridgehead atoms. The topological polar surface area (TPSA) is 87.7 Å². The molecule has 0 aliphatic carbocycles. The summed E-state index contributed by atoms with van der Waals surface area (Å²) in [7, 11) is 0. The second-order valence-electron chi connectivity index (χ2n) is 8.43. The van der Waals surface area contributed by atoms with Crippen LogP contribution in [0.25, 0.3) is 0 Å². The van der Waals surface area contributed by atoms with Crippen molar-refractivity contribution in [2.75, 3.05) is 32.8 Å². The summed E-state index contributed by atoms with van der Waals surface area (Å²) in [5.41, 5.74) is 0.861. The van der Waals surface area contributed by atoms with Gasteiger partial charge >= 0.3 is 12.0 Å². The molecule has 2 fully saturated rings. The zero-order valence-corrected chi connectivity index (χ0v) is 18.0. The molecule has 32 heavy (non-hydrogen) atoms. The predicted octanol–water partition coefficient (Wildman–Crippen LogP) is 2.46. The molecule has 0 spiro atoms. The maximum atomic E-state index is 13.0. The Morgan fingerprint density at radius 1 is 1.12 bits per heavy atom. The van der Waals surface area contributed by atoms with Gasteiger partial charge in [-0.1, -0.05) is 12.1 Å². The maximum absolute atomic E-state index is 13.0. The first-order valence-electron chi connectivity index (χ1n) is 11.0. The molecule has 9 heteroatoms. The fourth-order valence-electron chi connectivity index (χ4n) is 4.22. The van der Waals surface area contributed by atoms with Crippen molar-refractivity contribution in [3.05, 3.63) is 54.1 Å². The molecule has 2 aliphatic rings. The van der Waals surface area contributed by atoms with Crippen molar-refractivity contribution in [2.24, 2.45) is 11.8 Å². The van der Waals surface area contributed by atoms with E-state index in [0.717, 1.165) is 24.9 Å². The van der Waals surface area contributed by atoms with E-state index in [9.17, 15) is 14.0 Å². The summed E-state index contributed by atoms with van der Waals surface area (Å²) in [6.45, 7) is 3.55. The molecule has 1 aromatic heterocycles. The van der Waals surface area contributed by atoms with Crippen LogP contribution in [0.3, 0.4) is 0 Å². The Morgan fingerprint density at radius 2 is 1.84 bits per heavy atom. The number of halogens is 1. The molecule has 3 heterocycles. The van der Waals surface area contributed by atoms with E-state index in [0.29, 0.717) is 51.1 Å². The summed E-state index contributed by atoms with van der Waals surface area (Å²) in [5, 5.41) is 2.89. The number of benzene rings is 1. The number of rotatable bonds is 7. The number of likely N-dealkylation sites (tertiary alicyclic amines) is 2. The second kappa shape index (κ2) is 10.4. The van der Waals surface area contributed by atoms with Crippen LogP contribution in [0.4, 0.5) is 9.18 Å². The Bertz CT molecular complexity index is 904. The molecule has 1 unspecified atom stereocenters. The first-order valence-corrected chi connectivity index (χ1v) is 11.0. The monoisotopic (exact) mass is 441 g/mol. The molecular formula is C23H28FN5O3. The summed E-state index contributed by atoms with van der Waals surface area (Å²) >= 11 is 0. The molecule has 4 rings (SSSR count). The molecule has 8 nitrogen and oxygen atoms in total. The predicted molar refractivity (Wildman–Crippen MR) is 115 cm³/mol. The Hall–Kier alpha value is -3.23. The fourth-order valence-corrected chi connectivity index (χ4v) is 4.22. The first-order chi connectivity index (χ1) is 15.6. The summed E-state index contributed by atoms with van der Waals surface area (Å²) in [5.74, 6) is 0.399. The summed E-state index contributed by atoms with van der Waals surface area (Å²) in [6.07, 6.45) is 5.48. The van der Waals surface area contributed by atoms with Crippen molar-refractivity contribution in [2.45, 2.75) is 25.8 Å². The third-order valence-electron chi connectivity index (χ3n) is 6.02. The number of carbonyl (C=O) groups is 2. The van der Waals surface area contributed by atoms with Gasteiger partial charge in [0.05, 0.1) is 6.61 Å². The number of carbonyl (C=O) groups excluding carboxylic acids is 2. The molecule has 2 saturated heterocycles. The molecule has 1 atom stereocenters. The second-order valence-corrected chi connectivity index (χ2v) is 8.43. The van der Waals surface area contributed by atoms with E-state index < -0.39 is 0 Å². The van der Waals surface area contributed by atoms with E-state index in [1.807, 2.05) is 9.80 Å². The smallest absolute Gasteiger partial charge is 0.317 e. The molecule has 0 radical (unpaired) electrons. The highest BCUT2D eigenvalue weighted by Crippen LogP contribution is 2.24. The summed E-state index contributed by atoms with van der Waals surface area (Å²) in [6, 6.07) is 8.07. The van der Waals surface area contributed by atoms with Crippen LogP contribution in [0.1, 0.15) is 24.8 Å². The van der Waals surface area contributed by atoms with Gasteiger partial charge in [-0.05, 0) is 42.5 Å². The minimum absolute atomic E-state index is 0.106. The Morgan fingerprint density at radius 3 is 2.56 bits per heavy atom. The lowest BCUT2D eigenvalue weighted by atomic mass is 9.96. The maximum Gasteiger partial charge on any atom is 0.317 e. The first kappa shape index (κ1) is 22.0. The van der Waals surface area contributed by atoms with Crippen LogP contribution in [0.2, 0.25) is 0 Å². The van der Waals surface area contributed by atoms with Crippen LogP contribution in [0.15, 0.2) is 42.7 Å². The van der Waals surface area contributed by atoms with E-state index >= 15 is 0 Å². The van der Waals surface area contributed by atoms with E-state index in [1.165, 1.54) is 12.1 Å². The van der Waals surface area contributed by atoms with Gasteiger partial charge in [-0.25, -0.2) is 19.2 Å². The van der Waals surface area contributed by atoms with Gasteiger partial charge < -0.3 is 19.9 Å². The minimum atomic E-state index is -0.289. The number of ether oxygens (including phenoxy) is 1. The minimum Gasteiger partial charge on any atom is -0.463 e. The van der Waals surface area contributed by atoms with Gasteiger partial charge in [0.25, 0.3) is 0 Å². The molecule has 1 N–H and O–H groups in total. The number of hydrogen-bond donors (Lipinski definition) is 1. The summed E-state index contributed by atoms with van der Waals surface area (Å²) in [4.78, 5) is 36.7. The number of hydrogen-bond acceptors (Lipinski definition) is 5. The Balaban J connectivity index is 1.16. The average Bonchev–Trinajstić information content (AvgIpc) is 3.17. The molecule has 2 aromatic rings. The number of urea groups is 1. The van der Waals surface area contributed by atoms with Crippen LogP contribution in [0, 0.1) is 17.7 Å². The van der Waals surface area contributed by atoms with Gasteiger partial charge in [-0.3, -0.25) is 4.79 Å². The van der Waals surface area contributed by atoms with E-state index in [2.05, 4.69) is 15.3 Å². The Labute approximate surface area is 186 Å². The van der Waals surface area contributed by atoms with Gasteiger partial charge in [-0.2, -0.15) is 0 Å². The van der Waals surface area contributed by atoms with Crippen LogP contribution in [0.5, 0.6) is 6.01 Å². The number of nitrogens with one attached hydrogen (secondary N) is 1. The zero-order valence-electron chi connectivity index (χ0n) is 18.0. The highest BCUT2D eigenvalue weighted by molar-refractivity contribution is 5.78. The number of piperidine rings is 1. The highest BCUT2D eigenvalue weighted by Gasteiger charge is 2.33.